The first-order valence-corrected chi connectivity index (χ1v) is 9.03. The molecule has 1 amide bonds. The number of aromatic amines is 1. The van der Waals surface area contributed by atoms with E-state index in [1.807, 2.05) is 11.8 Å². The lowest BCUT2D eigenvalue weighted by Gasteiger charge is -2.22. The molecule has 1 unspecified atom stereocenters. The van der Waals surface area contributed by atoms with E-state index in [2.05, 4.69) is 46.9 Å². The van der Waals surface area contributed by atoms with E-state index in [-0.39, 0.29) is 5.91 Å². The average molecular weight is 317 g/mol. The van der Waals surface area contributed by atoms with Crippen LogP contribution in [0.15, 0.2) is 24.4 Å². The number of H-pyrrole nitrogens is 1. The molecule has 2 heterocycles. The van der Waals surface area contributed by atoms with Crippen molar-refractivity contribution >= 4 is 28.6 Å². The second kappa shape index (κ2) is 7.20. The van der Waals surface area contributed by atoms with Gasteiger partial charge in [-0.15, -0.1) is 0 Å². The SMILES string of the molecule is Cc1cccc2c(CCNC(=O)CC3CSCCN3)c[nH]c12. The summed E-state index contributed by atoms with van der Waals surface area (Å²) < 4.78 is 0. The van der Waals surface area contributed by atoms with E-state index >= 15 is 0 Å². The molecule has 1 saturated heterocycles. The van der Waals surface area contributed by atoms with Crippen LogP contribution in [0.3, 0.4) is 0 Å². The Balaban J connectivity index is 1.49. The van der Waals surface area contributed by atoms with Gasteiger partial charge in [-0.2, -0.15) is 11.8 Å². The molecule has 1 aromatic heterocycles. The highest BCUT2D eigenvalue weighted by atomic mass is 32.2. The summed E-state index contributed by atoms with van der Waals surface area (Å²) in [5.41, 5.74) is 3.73. The van der Waals surface area contributed by atoms with Crippen molar-refractivity contribution in [1.29, 1.82) is 0 Å². The first-order valence-electron chi connectivity index (χ1n) is 7.87. The molecule has 3 N–H and O–H groups in total. The number of benzene rings is 1. The highest BCUT2D eigenvalue weighted by Gasteiger charge is 2.16. The maximum absolute atomic E-state index is 12.0. The number of aromatic nitrogens is 1. The fourth-order valence-corrected chi connectivity index (χ4v) is 3.90. The van der Waals surface area contributed by atoms with Crippen LogP contribution < -0.4 is 10.6 Å². The zero-order valence-corrected chi connectivity index (χ0v) is 13.8. The van der Waals surface area contributed by atoms with Crippen molar-refractivity contribution in [2.24, 2.45) is 0 Å². The van der Waals surface area contributed by atoms with E-state index in [1.54, 1.807) is 0 Å². The fourth-order valence-electron chi connectivity index (χ4n) is 2.95. The topological polar surface area (TPSA) is 56.9 Å². The number of hydrogen-bond donors (Lipinski definition) is 3. The van der Waals surface area contributed by atoms with Crippen LogP contribution in [0.1, 0.15) is 17.5 Å². The van der Waals surface area contributed by atoms with Crippen molar-refractivity contribution < 1.29 is 4.79 Å². The number of rotatable bonds is 5. The molecule has 0 aliphatic carbocycles. The quantitative estimate of drug-likeness (QED) is 0.792. The molecule has 1 aliphatic heterocycles. The van der Waals surface area contributed by atoms with Crippen molar-refractivity contribution in [1.82, 2.24) is 15.6 Å². The fraction of sp³-hybridized carbons (Fsp3) is 0.471. The van der Waals surface area contributed by atoms with E-state index in [0.717, 1.165) is 24.5 Å². The first kappa shape index (κ1) is 15.4. The van der Waals surface area contributed by atoms with Crippen LogP contribution in [0, 0.1) is 6.92 Å². The van der Waals surface area contributed by atoms with Gasteiger partial charge in [0.1, 0.15) is 0 Å². The lowest BCUT2D eigenvalue weighted by atomic mass is 10.1. The Morgan fingerprint density at radius 3 is 3.18 bits per heavy atom. The standard InChI is InChI=1S/C17H23N3OS/c1-12-3-2-4-15-13(10-20-17(12)15)5-6-19-16(21)9-14-11-22-8-7-18-14/h2-4,10,14,18,20H,5-9,11H2,1H3,(H,19,21). The lowest BCUT2D eigenvalue weighted by molar-refractivity contribution is -0.121. The molecule has 1 atom stereocenters. The number of carbonyl (C=O) groups is 1. The third kappa shape index (κ3) is 3.65. The smallest absolute Gasteiger partial charge is 0.221 e. The normalized spacial score (nSPS) is 18.5. The third-order valence-electron chi connectivity index (χ3n) is 4.16. The molecule has 0 spiro atoms. The van der Waals surface area contributed by atoms with E-state index < -0.39 is 0 Å². The Kier molecular flexibility index (Phi) is 5.05. The molecule has 0 bridgehead atoms. The van der Waals surface area contributed by atoms with E-state index in [4.69, 9.17) is 0 Å². The minimum absolute atomic E-state index is 0.149. The van der Waals surface area contributed by atoms with Crippen molar-refractivity contribution in [3.63, 3.8) is 0 Å². The number of fused-ring (bicyclic) bond motifs is 1. The maximum Gasteiger partial charge on any atom is 0.221 e. The Hall–Kier alpha value is -1.46. The van der Waals surface area contributed by atoms with Gasteiger partial charge in [0.15, 0.2) is 0 Å². The summed E-state index contributed by atoms with van der Waals surface area (Å²) in [4.78, 5) is 15.3. The molecule has 0 saturated carbocycles. The third-order valence-corrected chi connectivity index (χ3v) is 5.29. The number of nitrogens with one attached hydrogen (secondary N) is 3. The number of carbonyl (C=O) groups excluding carboxylic acids is 1. The van der Waals surface area contributed by atoms with Crippen LogP contribution in [-0.4, -0.2) is 41.5 Å². The summed E-state index contributed by atoms with van der Waals surface area (Å²) >= 11 is 1.92. The van der Waals surface area contributed by atoms with Gasteiger partial charge in [0.05, 0.1) is 0 Å². The van der Waals surface area contributed by atoms with Crippen LogP contribution >= 0.6 is 11.8 Å². The second-order valence-corrected chi connectivity index (χ2v) is 6.99. The molecule has 22 heavy (non-hydrogen) atoms. The van der Waals surface area contributed by atoms with Gasteiger partial charge in [-0.25, -0.2) is 0 Å². The van der Waals surface area contributed by atoms with Crippen molar-refractivity contribution in [3.05, 3.63) is 35.5 Å². The molecule has 1 aliphatic rings. The molecule has 118 valence electrons. The summed E-state index contributed by atoms with van der Waals surface area (Å²) in [6.07, 6.45) is 3.51. The van der Waals surface area contributed by atoms with Gasteiger partial charge in [0.25, 0.3) is 0 Å². The van der Waals surface area contributed by atoms with Crippen LogP contribution in [-0.2, 0) is 11.2 Å². The molecule has 2 aromatic rings. The highest BCUT2D eigenvalue weighted by molar-refractivity contribution is 7.99. The molecule has 0 radical (unpaired) electrons. The summed E-state index contributed by atoms with van der Waals surface area (Å²) in [5.74, 6) is 2.34. The predicted molar refractivity (Wildman–Crippen MR) is 93.5 cm³/mol. The van der Waals surface area contributed by atoms with Gasteiger partial charge in [-0.05, 0) is 24.5 Å². The van der Waals surface area contributed by atoms with E-state index in [0.29, 0.717) is 19.0 Å². The van der Waals surface area contributed by atoms with Crippen molar-refractivity contribution in [2.45, 2.75) is 25.8 Å². The molecule has 1 fully saturated rings. The zero-order chi connectivity index (χ0) is 15.4. The second-order valence-electron chi connectivity index (χ2n) is 5.84. The van der Waals surface area contributed by atoms with E-state index in [9.17, 15) is 4.79 Å². The minimum Gasteiger partial charge on any atom is -0.361 e. The largest absolute Gasteiger partial charge is 0.361 e. The Morgan fingerprint density at radius 2 is 2.36 bits per heavy atom. The van der Waals surface area contributed by atoms with Gasteiger partial charge < -0.3 is 15.6 Å². The molecular formula is C17H23N3OS. The number of para-hydroxylation sites is 1. The Bertz CT molecular complexity index is 646. The number of aryl methyl sites for hydroxylation is 1. The monoisotopic (exact) mass is 317 g/mol. The Morgan fingerprint density at radius 1 is 1.45 bits per heavy atom. The zero-order valence-electron chi connectivity index (χ0n) is 12.9. The van der Waals surface area contributed by atoms with Gasteiger partial charge in [0, 0.05) is 54.2 Å². The van der Waals surface area contributed by atoms with Gasteiger partial charge in [-0.3, -0.25) is 4.79 Å². The molecule has 4 nitrogen and oxygen atoms in total. The van der Waals surface area contributed by atoms with Crippen LogP contribution in [0.5, 0.6) is 0 Å². The molecular weight excluding hydrogens is 294 g/mol. The average Bonchev–Trinajstić information content (AvgIpc) is 2.93. The maximum atomic E-state index is 12.0. The molecule has 1 aromatic carbocycles. The predicted octanol–water partition coefficient (Wildman–Crippen LogP) is 2.23. The van der Waals surface area contributed by atoms with Crippen molar-refractivity contribution in [3.8, 4) is 0 Å². The minimum atomic E-state index is 0.149. The summed E-state index contributed by atoms with van der Waals surface area (Å²) in [5, 5.41) is 7.71. The lowest BCUT2D eigenvalue weighted by Crippen LogP contribution is -2.41. The molecule has 3 rings (SSSR count). The van der Waals surface area contributed by atoms with E-state index in [1.165, 1.54) is 22.0 Å². The number of thioether (sulfide) groups is 1. The van der Waals surface area contributed by atoms with Gasteiger partial charge >= 0.3 is 0 Å². The summed E-state index contributed by atoms with van der Waals surface area (Å²) in [6.45, 7) is 3.82. The van der Waals surface area contributed by atoms with Gasteiger partial charge in [-0.1, -0.05) is 18.2 Å². The number of amides is 1. The van der Waals surface area contributed by atoms with Crippen LogP contribution in [0.4, 0.5) is 0 Å². The highest BCUT2D eigenvalue weighted by Crippen LogP contribution is 2.21. The first-order chi connectivity index (χ1) is 10.7. The Labute approximate surface area is 135 Å². The van der Waals surface area contributed by atoms with Crippen LogP contribution in [0.25, 0.3) is 10.9 Å². The molecule has 5 heteroatoms. The summed E-state index contributed by atoms with van der Waals surface area (Å²) in [6, 6.07) is 6.66. The summed E-state index contributed by atoms with van der Waals surface area (Å²) in [7, 11) is 0. The number of hydrogen-bond acceptors (Lipinski definition) is 3. The van der Waals surface area contributed by atoms with Crippen molar-refractivity contribution in [2.75, 3.05) is 24.6 Å². The van der Waals surface area contributed by atoms with Crippen LogP contribution in [0.2, 0.25) is 0 Å². The van der Waals surface area contributed by atoms with Gasteiger partial charge in [0.2, 0.25) is 5.91 Å².